The Hall–Kier alpha value is -2.86. The van der Waals surface area contributed by atoms with E-state index in [1.807, 2.05) is 13.8 Å². The topological polar surface area (TPSA) is 135 Å². The summed E-state index contributed by atoms with van der Waals surface area (Å²) in [6, 6.07) is 5.93. The molecule has 1 saturated carbocycles. The van der Waals surface area contributed by atoms with Crippen molar-refractivity contribution in [3.8, 4) is 6.07 Å². The third kappa shape index (κ3) is 7.37. The van der Waals surface area contributed by atoms with Crippen LogP contribution in [-0.4, -0.2) is 95.9 Å². The highest BCUT2D eigenvalue weighted by atomic mass is 19.4. The first-order valence-electron chi connectivity index (χ1n) is 14.2. The Morgan fingerprint density at radius 1 is 1.21 bits per heavy atom. The van der Waals surface area contributed by atoms with Crippen molar-refractivity contribution in [3.63, 3.8) is 0 Å². The van der Waals surface area contributed by atoms with Gasteiger partial charge in [-0.1, -0.05) is 19.1 Å². The first-order chi connectivity index (χ1) is 19.7. The van der Waals surface area contributed by atoms with Crippen molar-refractivity contribution in [2.45, 2.75) is 57.3 Å². The van der Waals surface area contributed by atoms with Crippen LogP contribution < -0.4 is 5.32 Å². The zero-order chi connectivity index (χ0) is 30.8. The van der Waals surface area contributed by atoms with Gasteiger partial charge in [-0.05, 0) is 62.1 Å². The summed E-state index contributed by atoms with van der Waals surface area (Å²) in [5.74, 6) is -1.69. The molecule has 2 heterocycles. The van der Waals surface area contributed by atoms with Crippen LogP contribution in [0.15, 0.2) is 24.3 Å². The number of carbonyl (C=O) groups excluding carboxylic acids is 2. The van der Waals surface area contributed by atoms with Crippen molar-refractivity contribution in [2.24, 2.45) is 23.7 Å². The Morgan fingerprint density at radius 2 is 1.86 bits per heavy atom. The molecule has 0 radical (unpaired) electrons. The summed E-state index contributed by atoms with van der Waals surface area (Å²) in [4.78, 5) is 30.1. The van der Waals surface area contributed by atoms with Crippen molar-refractivity contribution in [1.29, 1.82) is 5.26 Å². The molecule has 2 aliphatic heterocycles. The number of morpholine rings is 1. The monoisotopic (exact) mass is 594 g/mol. The minimum Gasteiger partial charge on any atom is -0.447 e. The lowest BCUT2D eigenvalue weighted by atomic mass is 9.76. The summed E-state index contributed by atoms with van der Waals surface area (Å²) in [5.41, 5.74) is -0.882. The van der Waals surface area contributed by atoms with E-state index in [0.29, 0.717) is 37.7 Å². The van der Waals surface area contributed by atoms with Crippen LogP contribution >= 0.6 is 0 Å². The summed E-state index contributed by atoms with van der Waals surface area (Å²) in [5, 5.41) is 31.8. The minimum absolute atomic E-state index is 0.125. The van der Waals surface area contributed by atoms with E-state index in [-0.39, 0.29) is 30.8 Å². The molecular formula is C28H38BF3N4O6. The number of ether oxygens (including phenoxy) is 2. The third-order valence-electron chi connectivity index (χ3n) is 8.98. The van der Waals surface area contributed by atoms with Gasteiger partial charge >= 0.3 is 19.4 Å². The van der Waals surface area contributed by atoms with E-state index < -0.39 is 48.4 Å². The first kappa shape index (κ1) is 32.1. The lowest BCUT2D eigenvalue weighted by Gasteiger charge is -2.42. The van der Waals surface area contributed by atoms with Crippen LogP contribution in [0.1, 0.15) is 38.3 Å². The number of hydrogen-bond donors (Lipinski definition) is 3. The second-order valence-electron chi connectivity index (χ2n) is 12.1. The van der Waals surface area contributed by atoms with Gasteiger partial charge in [0.2, 0.25) is 5.91 Å². The molecule has 3 N–H and O–H groups in total. The summed E-state index contributed by atoms with van der Waals surface area (Å²) in [7, 11) is -2.00. The SMILES string of the molecule is C[C@H]1[C@H]2CN(C(=O)C(C#N)CC(C)(C)N3CCOCC3)[C@@H](COC(=O)N[C@@H](Cc3ccc(C(F)(F)F)cc3)B(O)O)[C@@H]12. The summed E-state index contributed by atoms with van der Waals surface area (Å²) < 4.78 is 49.4. The zero-order valence-electron chi connectivity index (χ0n) is 24.0. The Bertz CT molecular complexity index is 1160. The van der Waals surface area contributed by atoms with E-state index in [1.54, 1.807) is 4.90 Å². The second-order valence-corrected chi connectivity index (χ2v) is 12.1. The lowest BCUT2D eigenvalue weighted by Crippen LogP contribution is -2.53. The Morgan fingerprint density at radius 3 is 2.43 bits per heavy atom. The van der Waals surface area contributed by atoms with E-state index in [0.717, 1.165) is 25.2 Å². The van der Waals surface area contributed by atoms with E-state index in [4.69, 9.17) is 9.47 Å². The van der Waals surface area contributed by atoms with Gasteiger partial charge in [-0.2, -0.15) is 18.4 Å². The number of alkyl halides is 3. The smallest absolute Gasteiger partial charge is 0.447 e. The van der Waals surface area contributed by atoms with E-state index >= 15 is 0 Å². The number of alkyl carbamates (subject to hydrolysis) is 1. The Balaban J connectivity index is 1.35. The average molecular weight is 594 g/mol. The highest BCUT2D eigenvalue weighted by molar-refractivity contribution is 6.43. The number of fused-ring (bicyclic) bond motifs is 1. The molecule has 0 bridgehead atoms. The molecular weight excluding hydrogens is 556 g/mol. The van der Waals surface area contributed by atoms with Gasteiger partial charge in [0, 0.05) is 25.2 Å². The van der Waals surface area contributed by atoms with Crippen LogP contribution in [0.25, 0.3) is 0 Å². The highest BCUT2D eigenvalue weighted by Crippen LogP contribution is 2.55. The maximum absolute atomic E-state index is 13.6. The van der Waals surface area contributed by atoms with Crippen molar-refractivity contribution in [3.05, 3.63) is 35.4 Å². The predicted octanol–water partition coefficient (Wildman–Crippen LogP) is 2.09. The number of halogens is 3. The van der Waals surface area contributed by atoms with Crippen molar-refractivity contribution >= 4 is 19.1 Å². The van der Waals surface area contributed by atoms with Crippen LogP contribution in [0, 0.1) is 35.0 Å². The van der Waals surface area contributed by atoms with Gasteiger partial charge in [0.25, 0.3) is 0 Å². The third-order valence-corrected chi connectivity index (χ3v) is 8.98. The maximum atomic E-state index is 13.6. The fourth-order valence-corrected chi connectivity index (χ4v) is 6.38. The molecule has 0 aromatic heterocycles. The minimum atomic E-state index is -4.50. The molecule has 1 aromatic rings. The number of likely N-dealkylation sites (tertiary alicyclic amines) is 1. The number of rotatable bonds is 10. The van der Waals surface area contributed by atoms with Crippen LogP contribution in [-0.2, 0) is 26.9 Å². The molecule has 3 fully saturated rings. The maximum Gasteiger partial charge on any atom is 0.475 e. The normalized spacial score (nSPS) is 25.6. The van der Waals surface area contributed by atoms with E-state index in [9.17, 15) is 38.1 Å². The van der Waals surface area contributed by atoms with Gasteiger partial charge in [-0.15, -0.1) is 0 Å². The summed E-state index contributed by atoms with van der Waals surface area (Å²) in [6.07, 6.45) is -5.26. The van der Waals surface area contributed by atoms with Gasteiger partial charge in [0.05, 0.1) is 36.8 Å². The quantitative estimate of drug-likeness (QED) is 0.351. The number of nitrogens with zero attached hydrogens (tertiary/aromatic N) is 3. The molecule has 42 heavy (non-hydrogen) atoms. The molecule has 0 spiro atoms. The predicted molar refractivity (Wildman–Crippen MR) is 145 cm³/mol. The molecule has 2 saturated heterocycles. The van der Waals surface area contributed by atoms with E-state index in [2.05, 4.69) is 23.2 Å². The molecule has 2 amide bonds. The Kier molecular flexibility index (Phi) is 9.77. The van der Waals surface area contributed by atoms with Gasteiger partial charge in [-0.3, -0.25) is 9.69 Å². The van der Waals surface area contributed by atoms with Crippen LogP contribution in [0.2, 0.25) is 0 Å². The van der Waals surface area contributed by atoms with Gasteiger partial charge in [-0.25, -0.2) is 4.79 Å². The average Bonchev–Trinajstić information content (AvgIpc) is 3.40. The Labute approximate surface area is 243 Å². The van der Waals surface area contributed by atoms with Crippen molar-refractivity contribution in [2.75, 3.05) is 39.5 Å². The first-order valence-corrected chi connectivity index (χ1v) is 14.2. The molecule has 1 aromatic carbocycles. The molecule has 1 unspecified atom stereocenters. The number of amides is 2. The number of hydrogen-bond acceptors (Lipinski definition) is 8. The molecule has 10 nitrogen and oxygen atoms in total. The summed E-state index contributed by atoms with van der Waals surface area (Å²) >= 11 is 0. The van der Waals surface area contributed by atoms with Gasteiger partial charge in [0.15, 0.2) is 0 Å². The zero-order valence-corrected chi connectivity index (χ0v) is 24.0. The second kappa shape index (κ2) is 12.8. The fourth-order valence-electron chi connectivity index (χ4n) is 6.38. The molecule has 6 atom stereocenters. The van der Waals surface area contributed by atoms with Crippen molar-refractivity contribution in [1.82, 2.24) is 15.1 Å². The van der Waals surface area contributed by atoms with Crippen LogP contribution in [0.4, 0.5) is 18.0 Å². The molecule has 3 aliphatic rings. The van der Waals surface area contributed by atoms with Gasteiger partial charge < -0.3 is 29.7 Å². The number of benzene rings is 1. The lowest BCUT2D eigenvalue weighted by molar-refractivity contribution is -0.138. The molecule has 1 aliphatic carbocycles. The molecule has 14 heteroatoms. The standard InChI is InChI=1S/C28H38BF3N4O6/c1-17-21-15-36(25(37)19(14-33)13-27(2,3)35-8-10-41-11-9-35)22(24(17)21)16-42-26(38)34-23(29(39)40)12-18-4-6-20(7-5-18)28(30,31)32/h4-7,17,19,21-24,39-40H,8-13,15-16H2,1-3H3,(H,34,38)/t17-,19?,21+,22-,23-,24-/m0/s1. The summed E-state index contributed by atoms with van der Waals surface area (Å²) in [6.45, 7) is 9.07. The largest absolute Gasteiger partial charge is 0.475 e. The molecule has 230 valence electrons. The highest BCUT2D eigenvalue weighted by Gasteiger charge is 2.60. The van der Waals surface area contributed by atoms with Gasteiger partial charge in [0.1, 0.15) is 12.5 Å². The number of carbonyl (C=O) groups is 2. The number of nitriles is 1. The fraction of sp³-hybridized carbons (Fsp3) is 0.679. The molecule has 4 rings (SSSR count). The van der Waals surface area contributed by atoms with Crippen LogP contribution in [0.3, 0.4) is 0 Å². The van der Waals surface area contributed by atoms with E-state index in [1.165, 1.54) is 12.1 Å². The van der Waals surface area contributed by atoms with Crippen LogP contribution in [0.5, 0.6) is 0 Å². The number of piperidine rings is 1. The van der Waals surface area contributed by atoms with Crippen molar-refractivity contribution < 1.29 is 42.3 Å². The number of nitrogens with one attached hydrogen (secondary N) is 1.